The number of rotatable bonds is 0. The van der Waals surface area contributed by atoms with E-state index in [1.807, 2.05) is 6.20 Å². The fraction of sp³-hybridized carbons (Fsp3) is 0.556. The molecule has 1 aliphatic rings. The standard InChI is InChI=1S/C9H12N2/c1-6-3-7(2)9-8(6)4-10-5-11-9/h4-7H,3H2,1-2H3. The Hall–Kier alpha value is -0.920. The van der Waals surface area contributed by atoms with Crippen molar-refractivity contribution in [1.29, 1.82) is 0 Å². The molecule has 2 atom stereocenters. The van der Waals surface area contributed by atoms with E-state index < -0.39 is 0 Å². The van der Waals surface area contributed by atoms with Crippen LogP contribution in [0.25, 0.3) is 0 Å². The van der Waals surface area contributed by atoms with Crippen LogP contribution in [0.4, 0.5) is 0 Å². The summed E-state index contributed by atoms with van der Waals surface area (Å²) in [5, 5.41) is 0. The highest BCUT2D eigenvalue weighted by atomic mass is 14.8. The molecular formula is C9H12N2. The lowest BCUT2D eigenvalue weighted by molar-refractivity contribution is 0.655. The second-order valence-corrected chi connectivity index (χ2v) is 3.40. The van der Waals surface area contributed by atoms with Crippen LogP contribution in [0, 0.1) is 0 Å². The van der Waals surface area contributed by atoms with Crippen molar-refractivity contribution in [2.24, 2.45) is 0 Å². The molecule has 2 heteroatoms. The molecule has 2 unspecified atom stereocenters. The van der Waals surface area contributed by atoms with E-state index in [4.69, 9.17) is 0 Å². The average molecular weight is 148 g/mol. The van der Waals surface area contributed by atoms with Gasteiger partial charge in [-0.05, 0) is 23.8 Å². The second kappa shape index (κ2) is 2.29. The molecule has 1 aliphatic carbocycles. The smallest absolute Gasteiger partial charge is 0.115 e. The minimum atomic E-state index is 0.628. The summed E-state index contributed by atoms with van der Waals surface area (Å²) in [6, 6.07) is 0. The highest BCUT2D eigenvalue weighted by Crippen LogP contribution is 2.38. The van der Waals surface area contributed by atoms with Crippen molar-refractivity contribution < 1.29 is 0 Å². The first kappa shape index (κ1) is 6.77. The fourth-order valence-corrected chi connectivity index (χ4v) is 1.91. The van der Waals surface area contributed by atoms with Crippen molar-refractivity contribution in [2.45, 2.75) is 32.1 Å². The quantitative estimate of drug-likeness (QED) is 0.563. The number of hydrogen-bond donors (Lipinski definition) is 0. The molecule has 0 amide bonds. The molecule has 2 rings (SSSR count). The van der Waals surface area contributed by atoms with Crippen molar-refractivity contribution in [2.75, 3.05) is 0 Å². The van der Waals surface area contributed by atoms with Gasteiger partial charge in [0.1, 0.15) is 6.33 Å². The summed E-state index contributed by atoms with van der Waals surface area (Å²) in [5.41, 5.74) is 2.60. The van der Waals surface area contributed by atoms with Gasteiger partial charge in [0.05, 0.1) is 5.69 Å². The predicted molar refractivity (Wildman–Crippen MR) is 43.5 cm³/mol. The fourth-order valence-electron chi connectivity index (χ4n) is 1.91. The normalized spacial score (nSPS) is 28.5. The first-order valence-corrected chi connectivity index (χ1v) is 4.09. The Bertz CT molecular complexity index is 243. The van der Waals surface area contributed by atoms with Gasteiger partial charge >= 0.3 is 0 Å². The van der Waals surface area contributed by atoms with Gasteiger partial charge < -0.3 is 0 Å². The SMILES string of the molecule is CC1CC(C)c2ncncc21. The number of fused-ring (bicyclic) bond motifs is 1. The van der Waals surface area contributed by atoms with E-state index in [0.29, 0.717) is 11.8 Å². The monoisotopic (exact) mass is 148 g/mol. The van der Waals surface area contributed by atoms with Gasteiger partial charge in [-0.3, -0.25) is 0 Å². The largest absolute Gasteiger partial charge is 0.245 e. The lowest BCUT2D eigenvalue weighted by Crippen LogP contribution is -1.91. The van der Waals surface area contributed by atoms with Crippen LogP contribution >= 0.6 is 0 Å². The zero-order valence-corrected chi connectivity index (χ0v) is 6.91. The highest BCUT2D eigenvalue weighted by molar-refractivity contribution is 5.29. The third-order valence-electron chi connectivity index (χ3n) is 2.48. The zero-order valence-electron chi connectivity index (χ0n) is 6.91. The summed E-state index contributed by atoms with van der Waals surface area (Å²) < 4.78 is 0. The summed E-state index contributed by atoms with van der Waals surface area (Å²) in [6.45, 7) is 4.47. The van der Waals surface area contributed by atoms with E-state index in [0.717, 1.165) is 0 Å². The Morgan fingerprint density at radius 2 is 2.18 bits per heavy atom. The van der Waals surface area contributed by atoms with Crippen LogP contribution in [0.1, 0.15) is 43.4 Å². The lowest BCUT2D eigenvalue weighted by atomic mass is 10.1. The Balaban J connectivity index is 2.52. The molecule has 2 nitrogen and oxygen atoms in total. The van der Waals surface area contributed by atoms with Crippen LogP contribution in [-0.4, -0.2) is 9.97 Å². The van der Waals surface area contributed by atoms with Crippen molar-refractivity contribution in [3.63, 3.8) is 0 Å². The van der Waals surface area contributed by atoms with E-state index in [1.165, 1.54) is 17.7 Å². The van der Waals surface area contributed by atoms with Gasteiger partial charge in [-0.25, -0.2) is 9.97 Å². The van der Waals surface area contributed by atoms with E-state index in [9.17, 15) is 0 Å². The number of aromatic nitrogens is 2. The van der Waals surface area contributed by atoms with Gasteiger partial charge in [0.15, 0.2) is 0 Å². The molecule has 0 radical (unpaired) electrons. The maximum absolute atomic E-state index is 4.28. The van der Waals surface area contributed by atoms with Gasteiger partial charge in [-0.2, -0.15) is 0 Å². The third kappa shape index (κ3) is 0.934. The van der Waals surface area contributed by atoms with Crippen molar-refractivity contribution in [1.82, 2.24) is 9.97 Å². The summed E-state index contributed by atoms with van der Waals surface area (Å²) in [5.74, 6) is 1.28. The van der Waals surface area contributed by atoms with Gasteiger partial charge in [0.2, 0.25) is 0 Å². The molecule has 58 valence electrons. The molecule has 11 heavy (non-hydrogen) atoms. The third-order valence-corrected chi connectivity index (χ3v) is 2.48. The van der Waals surface area contributed by atoms with E-state index >= 15 is 0 Å². The molecule has 0 fully saturated rings. The molecule has 1 aromatic heterocycles. The summed E-state index contributed by atoms with van der Waals surface area (Å²) in [6.07, 6.45) is 4.83. The van der Waals surface area contributed by atoms with Gasteiger partial charge in [0.25, 0.3) is 0 Å². The molecular weight excluding hydrogens is 136 g/mol. The first-order valence-electron chi connectivity index (χ1n) is 4.09. The second-order valence-electron chi connectivity index (χ2n) is 3.40. The molecule has 1 aromatic rings. The van der Waals surface area contributed by atoms with Crippen LogP contribution in [-0.2, 0) is 0 Å². The molecule has 0 saturated heterocycles. The van der Waals surface area contributed by atoms with E-state index in [1.54, 1.807) is 6.33 Å². The van der Waals surface area contributed by atoms with Crippen molar-refractivity contribution in [3.05, 3.63) is 23.8 Å². The topological polar surface area (TPSA) is 25.8 Å². The maximum Gasteiger partial charge on any atom is 0.115 e. The molecule has 0 aromatic carbocycles. The van der Waals surface area contributed by atoms with E-state index in [-0.39, 0.29) is 0 Å². The highest BCUT2D eigenvalue weighted by Gasteiger charge is 2.25. The Morgan fingerprint density at radius 1 is 1.36 bits per heavy atom. The minimum absolute atomic E-state index is 0.628. The molecule has 0 spiro atoms. The van der Waals surface area contributed by atoms with Crippen molar-refractivity contribution >= 4 is 0 Å². The van der Waals surface area contributed by atoms with Crippen LogP contribution in [0.2, 0.25) is 0 Å². The Morgan fingerprint density at radius 3 is 2.91 bits per heavy atom. The summed E-state index contributed by atoms with van der Waals surface area (Å²) in [4.78, 5) is 8.31. The van der Waals surface area contributed by atoms with Crippen molar-refractivity contribution in [3.8, 4) is 0 Å². The van der Waals surface area contributed by atoms with Gasteiger partial charge in [-0.15, -0.1) is 0 Å². The van der Waals surface area contributed by atoms with Crippen LogP contribution in [0.15, 0.2) is 12.5 Å². The van der Waals surface area contributed by atoms with Crippen LogP contribution in [0.3, 0.4) is 0 Å². The predicted octanol–water partition coefficient (Wildman–Crippen LogP) is 2.09. The van der Waals surface area contributed by atoms with Crippen LogP contribution in [0.5, 0.6) is 0 Å². The summed E-state index contributed by atoms with van der Waals surface area (Å²) in [7, 11) is 0. The molecule has 0 bridgehead atoms. The van der Waals surface area contributed by atoms with Gasteiger partial charge in [0, 0.05) is 6.20 Å². The molecule has 0 N–H and O–H groups in total. The zero-order chi connectivity index (χ0) is 7.84. The molecule has 0 aliphatic heterocycles. The molecule has 0 saturated carbocycles. The Labute approximate surface area is 66.7 Å². The van der Waals surface area contributed by atoms with Crippen LogP contribution < -0.4 is 0 Å². The number of hydrogen-bond acceptors (Lipinski definition) is 2. The first-order chi connectivity index (χ1) is 5.29. The van der Waals surface area contributed by atoms with E-state index in [2.05, 4.69) is 23.8 Å². The average Bonchev–Trinajstić information content (AvgIpc) is 2.30. The number of nitrogens with zero attached hydrogens (tertiary/aromatic N) is 2. The minimum Gasteiger partial charge on any atom is -0.245 e. The summed E-state index contributed by atoms with van der Waals surface area (Å²) >= 11 is 0. The Kier molecular flexibility index (Phi) is 1.41. The lowest BCUT2D eigenvalue weighted by Gasteiger charge is -1.99. The molecule has 1 heterocycles. The maximum atomic E-state index is 4.28. The van der Waals surface area contributed by atoms with Gasteiger partial charge in [-0.1, -0.05) is 13.8 Å².